The first kappa shape index (κ1) is 9.74. The summed E-state index contributed by atoms with van der Waals surface area (Å²) in [4.78, 5) is 10.4. The number of hydrogen-bond donors (Lipinski definition) is 2. The second kappa shape index (κ2) is 3.58. The van der Waals surface area contributed by atoms with Crippen LogP contribution in [0.25, 0.3) is 0 Å². The van der Waals surface area contributed by atoms with E-state index in [1.807, 2.05) is 0 Å². The van der Waals surface area contributed by atoms with E-state index in [2.05, 4.69) is 0 Å². The minimum Gasteiger partial charge on any atom is -0.508 e. The molecule has 0 bridgehead atoms. The van der Waals surface area contributed by atoms with Gasteiger partial charge in [-0.15, -0.1) is 0 Å². The molecule has 1 atom stereocenters. The van der Waals surface area contributed by atoms with Crippen molar-refractivity contribution in [3.63, 3.8) is 0 Å². The Hall–Kier alpha value is -1.35. The molecule has 0 fully saturated rings. The number of phenols is 1. The molecule has 1 radical (unpaired) electrons. The van der Waals surface area contributed by atoms with Crippen LogP contribution in [0.3, 0.4) is 0 Å². The van der Waals surface area contributed by atoms with Crippen molar-refractivity contribution in [2.75, 3.05) is 0 Å². The number of rotatable bonds is 3. The van der Waals surface area contributed by atoms with E-state index >= 15 is 0 Å². The van der Waals surface area contributed by atoms with Gasteiger partial charge in [0.2, 0.25) is 6.29 Å². The van der Waals surface area contributed by atoms with Crippen LogP contribution in [0.2, 0.25) is 0 Å². The highest BCUT2D eigenvalue weighted by molar-refractivity contribution is 5.64. The largest absolute Gasteiger partial charge is 0.508 e. The van der Waals surface area contributed by atoms with Gasteiger partial charge in [-0.2, -0.15) is 0 Å². The SMILES string of the molecule is C[C@](N)([C]=O)Cc1ccc(O)cc1. The summed E-state index contributed by atoms with van der Waals surface area (Å²) < 4.78 is 0. The minimum absolute atomic E-state index is 0.206. The highest BCUT2D eigenvalue weighted by Crippen LogP contribution is 2.13. The Kier molecular flexibility index (Phi) is 2.68. The summed E-state index contributed by atoms with van der Waals surface area (Å²) in [6, 6.07) is 6.60. The Bertz CT molecular complexity index is 290. The zero-order valence-electron chi connectivity index (χ0n) is 7.45. The number of phenolic OH excluding ortho intramolecular Hbond substituents is 1. The number of benzene rings is 1. The standard InChI is InChI=1S/C10H12NO2/c1-10(11,7-12)6-8-2-4-9(13)5-3-8/h2-5,13H,6,11H2,1H3/t10-/m1/s1. The van der Waals surface area contributed by atoms with Gasteiger partial charge in [-0.25, -0.2) is 0 Å². The highest BCUT2D eigenvalue weighted by Gasteiger charge is 2.18. The molecule has 3 heteroatoms. The van der Waals surface area contributed by atoms with Crippen LogP contribution in [-0.2, 0) is 11.2 Å². The Morgan fingerprint density at radius 3 is 2.46 bits per heavy atom. The van der Waals surface area contributed by atoms with Crippen LogP contribution in [0.1, 0.15) is 12.5 Å². The molecule has 1 rings (SSSR count). The molecule has 0 aromatic heterocycles. The second-order valence-electron chi connectivity index (χ2n) is 3.36. The fourth-order valence-electron chi connectivity index (χ4n) is 1.07. The monoisotopic (exact) mass is 178 g/mol. The fourth-order valence-corrected chi connectivity index (χ4v) is 1.07. The third-order valence-corrected chi connectivity index (χ3v) is 1.74. The lowest BCUT2D eigenvalue weighted by molar-refractivity contribution is 0.474. The zero-order chi connectivity index (χ0) is 9.90. The topological polar surface area (TPSA) is 63.3 Å². The molecule has 0 amide bonds. The minimum atomic E-state index is -0.947. The summed E-state index contributed by atoms with van der Waals surface area (Å²) in [7, 11) is 0. The van der Waals surface area contributed by atoms with Crippen molar-refractivity contribution in [1.29, 1.82) is 0 Å². The quantitative estimate of drug-likeness (QED) is 0.718. The van der Waals surface area contributed by atoms with E-state index in [1.165, 1.54) is 0 Å². The third-order valence-electron chi connectivity index (χ3n) is 1.74. The number of aromatic hydroxyl groups is 1. The van der Waals surface area contributed by atoms with Gasteiger partial charge in [0.05, 0.1) is 5.54 Å². The maximum Gasteiger partial charge on any atom is 0.220 e. The molecule has 3 nitrogen and oxygen atoms in total. The number of nitrogens with two attached hydrogens (primary N) is 1. The molecular weight excluding hydrogens is 166 g/mol. The van der Waals surface area contributed by atoms with Crippen molar-refractivity contribution in [3.05, 3.63) is 29.8 Å². The van der Waals surface area contributed by atoms with Crippen molar-refractivity contribution >= 4 is 6.29 Å². The van der Waals surface area contributed by atoms with Gasteiger partial charge in [-0.1, -0.05) is 12.1 Å². The van der Waals surface area contributed by atoms with E-state index in [0.29, 0.717) is 6.42 Å². The molecule has 1 aromatic rings. The van der Waals surface area contributed by atoms with Crippen molar-refractivity contribution < 1.29 is 9.90 Å². The van der Waals surface area contributed by atoms with Crippen LogP contribution < -0.4 is 5.73 Å². The maximum absolute atomic E-state index is 10.4. The van der Waals surface area contributed by atoms with E-state index in [1.54, 1.807) is 37.5 Å². The van der Waals surface area contributed by atoms with Crippen molar-refractivity contribution in [3.8, 4) is 5.75 Å². The lowest BCUT2D eigenvalue weighted by Gasteiger charge is -2.15. The summed E-state index contributed by atoms with van der Waals surface area (Å²) in [6.07, 6.45) is 2.20. The molecule has 1 aromatic carbocycles. The van der Waals surface area contributed by atoms with Crippen molar-refractivity contribution in [1.82, 2.24) is 0 Å². The van der Waals surface area contributed by atoms with Crippen LogP contribution in [0.15, 0.2) is 24.3 Å². The van der Waals surface area contributed by atoms with Crippen LogP contribution in [-0.4, -0.2) is 16.9 Å². The zero-order valence-corrected chi connectivity index (χ0v) is 7.45. The molecule has 0 spiro atoms. The average molecular weight is 178 g/mol. The van der Waals surface area contributed by atoms with E-state index in [9.17, 15) is 4.79 Å². The fraction of sp³-hybridized carbons (Fsp3) is 0.300. The van der Waals surface area contributed by atoms with Crippen LogP contribution in [0.5, 0.6) is 5.75 Å². The third kappa shape index (κ3) is 2.87. The van der Waals surface area contributed by atoms with E-state index in [4.69, 9.17) is 10.8 Å². The molecule has 3 N–H and O–H groups in total. The smallest absolute Gasteiger partial charge is 0.220 e. The summed E-state index contributed by atoms with van der Waals surface area (Å²) in [5, 5.41) is 9.00. The first-order chi connectivity index (χ1) is 6.03. The first-order valence-corrected chi connectivity index (χ1v) is 3.99. The van der Waals surface area contributed by atoms with Gasteiger partial charge in [0.1, 0.15) is 5.75 Å². The lowest BCUT2D eigenvalue weighted by atomic mass is 9.96. The predicted molar refractivity (Wildman–Crippen MR) is 50.1 cm³/mol. The molecule has 0 unspecified atom stereocenters. The molecule has 0 aliphatic rings. The Labute approximate surface area is 77.2 Å². The van der Waals surface area contributed by atoms with Gasteiger partial charge in [0.25, 0.3) is 0 Å². The van der Waals surface area contributed by atoms with Gasteiger partial charge in [-0.3, -0.25) is 4.79 Å². The Morgan fingerprint density at radius 1 is 1.46 bits per heavy atom. The molecular formula is C10H12NO2. The molecule has 69 valence electrons. The predicted octanol–water partition coefficient (Wildman–Crippen LogP) is 0.762. The maximum atomic E-state index is 10.4. The molecule has 0 aliphatic carbocycles. The molecule has 0 aliphatic heterocycles. The lowest BCUT2D eigenvalue weighted by Crippen LogP contribution is -2.40. The number of hydrogen-bond acceptors (Lipinski definition) is 3. The Balaban J connectivity index is 2.75. The van der Waals surface area contributed by atoms with Crippen LogP contribution in [0.4, 0.5) is 0 Å². The summed E-state index contributed by atoms with van der Waals surface area (Å²) in [5.74, 6) is 0.206. The molecule has 0 heterocycles. The Morgan fingerprint density at radius 2 is 2.00 bits per heavy atom. The molecule has 0 saturated heterocycles. The van der Waals surface area contributed by atoms with Crippen LogP contribution in [0, 0.1) is 0 Å². The van der Waals surface area contributed by atoms with Crippen molar-refractivity contribution in [2.45, 2.75) is 18.9 Å². The summed E-state index contributed by atoms with van der Waals surface area (Å²) in [6.45, 7) is 1.62. The van der Waals surface area contributed by atoms with Gasteiger partial charge in [-0.05, 0) is 31.0 Å². The second-order valence-corrected chi connectivity index (χ2v) is 3.36. The molecule has 13 heavy (non-hydrogen) atoms. The van der Waals surface area contributed by atoms with Crippen LogP contribution >= 0.6 is 0 Å². The van der Waals surface area contributed by atoms with E-state index < -0.39 is 5.54 Å². The van der Waals surface area contributed by atoms with Crippen molar-refractivity contribution in [2.24, 2.45) is 5.73 Å². The first-order valence-electron chi connectivity index (χ1n) is 3.99. The van der Waals surface area contributed by atoms with Gasteiger partial charge >= 0.3 is 0 Å². The number of carbonyl (C=O) groups excluding carboxylic acids is 1. The normalized spacial score (nSPS) is 14.9. The van der Waals surface area contributed by atoms with Gasteiger partial charge in [0.15, 0.2) is 0 Å². The van der Waals surface area contributed by atoms with Gasteiger partial charge in [0, 0.05) is 0 Å². The average Bonchev–Trinajstić information content (AvgIpc) is 2.09. The van der Waals surface area contributed by atoms with E-state index in [-0.39, 0.29) is 5.75 Å². The highest BCUT2D eigenvalue weighted by atomic mass is 16.3. The summed E-state index contributed by atoms with van der Waals surface area (Å²) >= 11 is 0. The molecule has 0 saturated carbocycles. The van der Waals surface area contributed by atoms with E-state index in [0.717, 1.165) is 5.56 Å². The van der Waals surface area contributed by atoms with Gasteiger partial charge < -0.3 is 10.8 Å². The summed E-state index contributed by atoms with van der Waals surface area (Å²) in [5.41, 5.74) is 5.56.